The van der Waals surface area contributed by atoms with Crippen LogP contribution in [0.1, 0.15) is 11.1 Å². The molecule has 0 aliphatic heterocycles. The minimum Gasteiger partial charge on any atom is -0.489 e. The molecule has 4 nitrogen and oxygen atoms in total. The zero-order valence-corrected chi connectivity index (χ0v) is 13.2. The zero-order chi connectivity index (χ0) is 15.2. The van der Waals surface area contributed by atoms with E-state index in [9.17, 15) is 0 Å². The molecule has 0 amide bonds. The van der Waals surface area contributed by atoms with Gasteiger partial charge in [-0.1, -0.05) is 54.2 Å². The Balaban J connectivity index is 1.59. The molecule has 1 heterocycles. The van der Waals surface area contributed by atoms with Crippen LogP contribution in [-0.2, 0) is 19.4 Å². The molecule has 0 radical (unpaired) electrons. The van der Waals surface area contributed by atoms with Crippen LogP contribution < -0.4 is 4.74 Å². The summed E-state index contributed by atoms with van der Waals surface area (Å²) in [6.07, 6.45) is 1.71. The van der Waals surface area contributed by atoms with Crippen molar-refractivity contribution in [1.82, 2.24) is 14.8 Å². The average molecular weight is 311 g/mol. The van der Waals surface area contributed by atoms with E-state index in [1.54, 1.807) is 18.1 Å². The highest BCUT2D eigenvalue weighted by Crippen LogP contribution is 2.23. The van der Waals surface area contributed by atoms with Gasteiger partial charge in [-0.25, -0.2) is 0 Å². The van der Waals surface area contributed by atoms with Crippen LogP contribution in [0.15, 0.2) is 66.1 Å². The van der Waals surface area contributed by atoms with Gasteiger partial charge in [-0.05, 0) is 23.3 Å². The summed E-state index contributed by atoms with van der Waals surface area (Å²) in [6.45, 7) is 0.584. The molecule has 0 N–H and O–H groups in total. The molecule has 112 valence electrons. The number of thioether (sulfide) groups is 1. The van der Waals surface area contributed by atoms with Gasteiger partial charge >= 0.3 is 0 Å². The molecule has 0 aliphatic rings. The van der Waals surface area contributed by atoms with Crippen molar-refractivity contribution in [1.29, 1.82) is 0 Å². The second-order valence-corrected chi connectivity index (χ2v) is 5.88. The first-order valence-electron chi connectivity index (χ1n) is 7.04. The van der Waals surface area contributed by atoms with E-state index in [1.807, 2.05) is 41.9 Å². The average Bonchev–Trinajstić information content (AvgIpc) is 2.98. The lowest BCUT2D eigenvalue weighted by atomic mass is 10.2. The second-order valence-electron chi connectivity index (χ2n) is 4.93. The Kier molecular flexibility index (Phi) is 4.75. The lowest BCUT2D eigenvalue weighted by Gasteiger charge is -2.08. The van der Waals surface area contributed by atoms with Gasteiger partial charge in [0.05, 0.1) is 0 Å². The Hall–Kier alpha value is -2.27. The van der Waals surface area contributed by atoms with Crippen LogP contribution in [0.4, 0.5) is 0 Å². The zero-order valence-electron chi connectivity index (χ0n) is 12.3. The van der Waals surface area contributed by atoms with Gasteiger partial charge in [-0.15, -0.1) is 10.2 Å². The highest BCUT2D eigenvalue weighted by atomic mass is 32.2. The number of aromatic nitrogens is 3. The van der Waals surface area contributed by atoms with Crippen LogP contribution in [0.3, 0.4) is 0 Å². The van der Waals surface area contributed by atoms with E-state index < -0.39 is 0 Å². The van der Waals surface area contributed by atoms with Gasteiger partial charge in [-0.3, -0.25) is 0 Å². The maximum absolute atomic E-state index is 5.85. The van der Waals surface area contributed by atoms with Crippen LogP contribution in [0.5, 0.6) is 5.75 Å². The molecule has 0 aliphatic carbocycles. The summed E-state index contributed by atoms with van der Waals surface area (Å²) in [7, 11) is 1.95. The number of rotatable bonds is 6. The van der Waals surface area contributed by atoms with Gasteiger partial charge in [0.15, 0.2) is 5.16 Å². The van der Waals surface area contributed by atoms with E-state index in [4.69, 9.17) is 4.74 Å². The van der Waals surface area contributed by atoms with E-state index in [0.29, 0.717) is 6.61 Å². The lowest BCUT2D eigenvalue weighted by molar-refractivity contribution is 0.306. The predicted octanol–water partition coefficient (Wildman–Crippen LogP) is 3.69. The number of hydrogen-bond acceptors (Lipinski definition) is 4. The van der Waals surface area contributed by atoms with Crippen molar-refractivity contribution in [3.8, 4) is 5.75 Å². The van der Waals surface area contributed by atoms with Crippen LogP contribution in [0.2, 0.25) is 0 Å². The molecule has 0 bridgehead atoms. The van der Waals surface area contributed by atoms with Crippen molar-refractivity contribution < 1.29 is 4.74 Å². The van der Waals surface area contributed by atoms with Crippen molar-refractivity contribution in [2.45, 2.75) is 17.5 Å². The molecule has 3 rings (SSSR count). The highest BCUT2D eigenvalue weighted by molar-refractivity contribution is 7.98. The molecule has 0 saturated heterocycles. The normalized spacial score (nSPS) is 10.6. The monoisotopic (exact) mass is 311 g/mol. The molecule has 1 aromatic heterocycles. The van der Waals surface area contributed by atoms with Crippen molar-refractivity contribution in [3.05, 3.63) is 72.1 Å². The third kappa shape index (κ3) is 3.89. The van der Waals surface area contributed by atoms with Gasteiger partial charge in [0.2, 0.25) is 0 Å². The van der Waals surface area contributed by atoms with Crippen molar-refractivity contribution in [3.63, 3.8) is 0 Å². The first kappa shape index (κ1) is 14.7. The topological polar surface area (TPSA) is 39.9 Å². The minimum absolute atomic E-state index is 0.584. The molecular weight excluding hydrogens is 294 g/mol. The van der Waals surface area contributed by atoms with E-state index in [2.05, 4.69) is 34.5 Å². The standard InChI is InChI=1S/C17H17N3OS/c1-20-13-18-19-17(20)22-12-15-8-5-9-16(10-15)21-11-14-6-3-2-4-7-14/h2-10,13H,11-12H2,1H3. The Morgan fingerprint density at radius 3 is 2.64 bits per heavy atom. The summed E-state index contributed by atoms with van der Waals surface area (Å²) in [5.74, 6) is 1.73. The van der Waals surface area contributed by atoms with Gasteiger partial charge in [0.1, 0.15) is 18.7 Å². The number of nitrogens with zero attached hydrogens (tertiary/aromatic N) is 3. The van der Waals surface area contributed by atoms with Crippen LogP contribution >= 0.6 is 11.8 Å². The highest BCUT2D eigenvalue weighted by Gasteiger charge is 2.03. The molecule has 0 spiro atoms. The summed E-state index contributed by atoms with van der Waals surface area (Å²) in [6, 6.07) is 18.4. The Bertz CT molecular complexity index is 728. The van der Waals surface area contributed by atoms with Crippen LogP contribution in [0.25, 0.3) is 0 Å². The van der Waals surface area contributed by atoms with Gasteiger partial charge in [-0.2, -0.15) is 0 Å². The van der Waals surface area contributed by atoms with Crippen molar-refractivity contribution in [2.24, 2.45) is 7.05 Å². The maximum atomic E-state index is 5.85. The van der Waals surface area contributed by atoms with E-state index in [0.717, 1.165) is 16.7 Å². The predicted molar refractivity (Wildman–Crippen MR) is 87.8 cm³/mol. The van der Waals surface area contributed by atoms with Gasteiger partial charge in [0, 0.05) is 12.8 Å². The Labute approximate surface area is 134 Å². The van der Waals surface area contributed by atoms with E-state index >= 15 is 0 Å². The largest absolute Gasteiger partial charge is 0.489 e. The fourth-order valence-corrected chi connectivity index (χ4v) is 2.85. The SMILES string of the molecule is Cn1cnnc1SCc1cccc(OCc2ccccc2)c1. The smallest absolute Gasteiger partial charge is 0.191 e. The summed E-state index contributed by atoms with van der Waals surface area (Å²) in [5.41, 5.74) is 2.37. The van der Waals surface area contributed by atoms with E-state index in [-0.39, 0.29) is 0 Å². The first-order valence-corrected chi connectivity index (χ1v) is 8.02. The van der Waals surface area contributed by atoms with Gasteiger partial charge < -0.3 is 9.30 Å². The number of hydrogen-bond donors (Lipinski definition) is 0. The molecule has 0 saturated carbocycles. The lowest BCUT2D eigenvalue weighted by Crippen LogP contribution is -1.95. The molecule has 2 aromatic carbocycles. The molecule has 3 aromatic rings. The summed E-state index contributed by atoms with van der Waals surface area (Å²) in [5, 5.41) is 8.87. The molecule has 0 fully saturated rings. The number of aryl methyl sites for hydroxylation is 1. The Morgan fingerprint density at radius 1 is 1.05 bits per heavy atom. The molecular formula is C17H17N3OS. The summed E-state index contributed by atoms with van der Waals surface area (Å²) < 4.78 is 7.77. The van der Waals surface area contributed by atoms with Crippen molar-refractivity contribution in [2.75, 3.05) is 0 Å². The first-order chi connectivity index (χ1) is 10.8. The number of benzene rings is 2. The Morgan fingerprint density at radius 2 is 1.86 bits per heavy atom. The molecule has 5 heteroatoms. The molecule has 22 heavy (non-hydrogen) atoms. The quantitative estimate of drug-likeness (QED) is 0.651. The second kappa shape index (κ2) is 7.13. The summed E-state index contributed by atoms with van der Waals surface area (Å²) in [4.78, 5) is 0. The third-order valence-corrected chi connectivity index (χ3v) is 4.29. The van der Waals surface area contributed by atoms with Crippen LogP contribution in [0, 0.1) is 0 Å². The fourth-order valence-electron chi connectivity index (χ4n) is 2.02. The minimum atomic E-state index is 0.584. The van der Waals surface area contributed by atoms with Gasteiger partial charge in [0.25, 0.3) is 0 Å². The maximum Gasteiger partial charge on any atom is 0.191 e. The molecule has 0 unspecified atom stereocenters. The fraction of sp³-hybridized carbons (Fsp3) is 0.176. The van der Waals surface area contributed by atoms with Crippen LogP contribution in [-0.4, -0.2) is 14.8 Å². The summed E-state index contributed by atoms with van der Waals surface area (Å²) >= 11 is 1.66. The number of ether oxygens (including phenoxy) is 1. The molecule has 0 atom stereocenters. The van der Waals surface area contributed by atoms with E-state index in [1.165, 1.54) is 11.1 Å². The third-order valence-electron chi connectivity index (χ3n) is 3.18. The van der Waals surface area contributed by atoms with Crippen molar-refractivity contribution >= 4 is 11.8 Å².